The van der Waals surface area contributed by atoms with Gasteiger partial charge in [-0.15, -0.1) is 0 Å². The number of hydrogen-bond acceptors (Lipinski definition) is 4. The number of carbonyl (C=O) groups is 2. The summed E-state index contributed by atoms with van der Waals surface area (Å²) in [7, 11) is 0. The van der Waals surface area contributed by atoms with E-state index in [0.29, 0.717) is 16.3 Å². The summed E-state index contributed by atoms with van der Waals surface area (Å²) in [6.45, 7) is -0.271. The second-order valence-electron chi connectivity index (χ2n) is 4.85. The van der Waals surface area contributed by atoms with Crippen molar-refractivity contribution in [2.24, 2.45) is 0 Å². The zero-order valence-electron chi connectivity index (χ0n) is 13.0. The molecule has 2 aromatic rings. The summed E-state index contributed by atoms with van der Waals surface area (Å²) in [5.74, 6) is -0.553. The molecule has 2 rings (SSSR count). The summed E-state index contributed by atoms with van der Waals surface area (Å²) in [6.07, 6.45) is 2.87. The highest BCUT2D eigenvalue weighted by Gasteiger charge is 2.04. The number of carbonyl (C=O) groups excluding carboxylic acids is 2. The van der Waals surface area contributed by atoms with Gasteiger partial charge in [0.15, 0.2) is 6.61 Å². The Morgan fingerprint density at radius 2 is 1.76 bits per heavy atom. The van der Waals surface area contributed by atoms with E-state index in [1.807, 2.05) is 6.07 Å². The van der Waals surface area contributed by atoms with Crippen LogP contribution in [0.2, 0.25) is 5.02 Å². The lowest BCUT2D eigenvalue weighted by Crippen LogP contribution is -2.43. The molecular formula is C18H14ClN3O3. The number of hydrazine groups is 1. The van der Waals surface area contributed by atoms with E-state index in [-0.39, 0.29) is 6.61 Å². The average Bonchev–Trinajstić information content (AvgIpc) is 2.64. The van der Waals surface area contributed by atoms with Crippen molar-refractivity contribution >= 4 is 29.5 Å². The predicted octanol–water partition coefficient (Wildman–Crippen LogP) is 2.45. The van der Waals surface area contributed by atoms with Crippen LogP contribution >= 0.6 is 11.6 Å². The number of nitrogens with one attached hydrogen (secondary N) is 2. The van der Waals surface area contributed by atoms with Crippen molar-refractivity contribution < 1.29 is 14.3 Å². The summed E-state index contributed by atoms with van der Waals surface area (Å²) in [5.41, 5.74) is 5.77. The summed E-state index contributed by atoms with van der Waals surface area (Å²) < 4.78 is 5.24. The monoisotopic (exact) mass is 355 g/mol. The maximum atomic E-state index is 11.6. The van der Waals surface area contributed by atoms with Gasteiger partial charge in [0.25, 0.3) is 11.8 Å². The Kier molecular flexibility index (Phi) is 6.57. The van der Waals surface area contributed by atoms with Gasteiger partial charge in [0.05, 0.1) is 11.6 Å². The molecule has 2 amide bonds. The van der Waals surface area contributed by atoms with E-state index in [1.54, 1.807) is 54.6 Å². The maximum Gasteiger partial charge on any atom is 0.276 e. The van der Waals surface area contributed by atoms with E-state index in [4.69, 9.17) is 21.6 Å². The molecule has 0 heterocycles. The van der Waals surface area contributed by atoms with Crippen LogP contribution in [0.15, 0.2) is 54.6 Å². The fourth-order valence-corrected chi connectivity index (χ4v) is 1.86. The van der Waals surface area contributed by atoms with Gasteiger partial charge in [-0.25, -0.2) is 0 Å². The molecule has 0 aliphatic heterocycles. The van der Waals surface area contributed by atoms with Crippen molar-refractivity contribution in [3.63, 3.8) is 0 Å². The third-order valence-corrected chi connectivity index (χ3v) is 3.23. The van der Waals surface area contributed by atoms with Crippen LogP contribution in [0.1, 0.15) is 11.1 Å². The SMILES string of the molecule is N#Cc1ccc(OCC(=O)NNC(=O)C=Cc2ccc(Cl)cc2)cc1. The minimum absolute atomic E-state index is 0.271. The van der Waals surface area contributed by atoms with Crippen LogP contribution in [0.4, 0.5) is 0 Å². The molecule has 0 aromatic heterocycles. The highest BCUT2D eigenvalue weighted by molar-refractivity contribution is 6.30. The molecule has 0 radical (unpaired) electrons. The van der Waals surface area contributed by atoms with Gasteiger partial charge in [0.1, 0.15) is 5.75 Å². The Hall–Kier alpha value is -3.30. The van der Waals surface area contributed by atoms with Crippen molar-refractivity contribution in [2.75, 3.05) is 6.61 Å². The quantitative estimate of drug-likeness (QED) is 0.636. The first-order chi connectivity index (χ1) is 12.1. The number of hydrogen-bond donors (Lipinski definition) is 2. The van der Waals surface area contributed by atoms with Crippen LogP contribution in [0.3, 0.4) is 0 Å². The van der Waals surface area contributed by atoms with Gasteiger partial charge in [-0.05, 0) is 48.0 Å². The molecule has 0 saturated carbocycles. The van der Waals surface area contributed by atoms with E-state index in [1.165, 1.54) is 6.08 Å². The van der Waals surface area contributed by atoms with E-state index in [0.717, 1.165) is 5.56 Å². The lowest BCUT2D eigenvalue weighted by molar-refractivity contribution is -0.128. The minimum Gasteiger partial charge on any atom is -0.484 e. The maximum absolute atomic E-state index is 11.6. The molecule has 0 atom stereocenters. The number of nitriles is 1. The Bertz CT molecular complexity index is 809. The average molecular weight is 356 g/mol. The largest absolute Gasteiger partial charge is 0.484 e. The second-order valence-corrected chi connectivity index (χ2v) is 5.28. The number of amides is 2. The number of halogens is 1. The second kappa shape index (κ2) is 9.11. The van der Waals surface area contributed by atoms with Crippen LogP contribution in [0.5, 0.6) is 5.75 Å². The van der Waals surface area contributed by atoms with Crippen LogP contribution in [-0.2, 0) is 9.59 Å². The van der Waals surface area contributed by atoms with Crippen molar-refractivity contribution in [1.82, 2.24) is 10.9 Å². The van der Waals surface area contributed by atoms with E-state index >= 15 is 0 Å². The molecule has 0 aliphatic carbocycles. The van der Waals surface area contributed by atoms with Gasteiger partial charge in [0.2, 0.25) is 0 Å². The highest BCUT2D eigenvalue weighted by atomic mass is 35.5. The highest BCUT2D eigenvalue weighted by Crippen LogP contribution is 2.11. The first-order valence-corrected chi connectivity index (χ1v) is 7.60. The topological polar surface area (TPSA) is 91.2 Å². The summed E-state index contributed by atoms with van der Waals surface area (Å²) in [5, 5.41) is 9.30. The van der Waals surface area contributed by atoms with Gasteiger partial charge in [-0.3, -0.25) is 20.4 Å². The molecule has 2 aromatic carbocycles. The summed E-state index contributed by atoms with van der Waals surface area (Å²) >= 11 is 5.77. The zero-order chi connectivity index (χ0) is 18.1. The summed E-state index contributed by atoms with van der Waals surface area (Å²) in [4.78, 5) is 23.2. The first-order valence-electron chi connectivity index (χ1n) is 7.22. The molecular weight excluding hydrogens is 342 g/mol. The van der Waals surface area contributed by atoms with Crippen LogP contribution in [-0.4, -0.2) is 18.4 Å². The van der Waals surface area contributed by atoms with Crippen molar-refractivity contribution in [3.8, 4) is 11.8 Å². The standard InChI is InChI=1S/C18H14ClN3O3/c19-15-6-1-13(2-7-15)5-10-17(23)21-22-18(24)12-25-16-8-3-14(11-20)4-9-16/h1-10H,12H2,(H,21,23)(H,22,24). The van der Waals surface area contributed by atoms with E-state index in [2.05, 4.69) is 10.9 Å². The number of nitrogens with zero attached hydrogens (tertiary/aromatic N) is 1. The molecule has 7 heteroatoms. The van der Waals surface area contributed by atoms with E-state index < -0.39 is 11.8 Å². The van der Waals surface area contributed by atoms with Gasteiger partial charge in [-0.2, -0.15) is 5.26 Å². The number of benzene rings is 2. The minimum atomic E-state index is -0.516. The Balaban J connectivity index is 1.72. The lowest BCUT2D eigenvalue weighted by Gasteiger charge is -2.07. The Morgan fingerprint density at radius 3 is 2.40 bits per heavy atom. The van der Waals surface area contributed by atoms with E-state index in [9.17, 15) is 9.59 Å². The third-order valence-electron chi connectivity index (χ3n) is 2.98. The molecule has 0 unspecified atom stereocenters. The van der Waals surface area contributed by atoms with Gasteiger partial charge >= 0.3 is 0 Å². The lowest BCUT2D eigenvalue weighted by atomic mass is 10.2. The van der Waals surface area contributed by atoms with Crippen molar-refractivity contribution in [2.45, 2.75) is 0 Å². The normalized spacial score (nSPS) is 10.1. The van der Waals surface area contributed by atoms with Crippen LogP contribution in [0.25, 0.3) is 6.08 Å². The molecule has 0 aliphatic rings. The third kappa shape index (κ3) is 6.37. The van der Waals surface area contributed by atoms with Crippen molar-refractivity contribution in [3.05, 3.63) is 70.8 Å². The molecule has 0 bridgehead atoms. The molecule has 0 fully saturated rings. The number of ether oxygens (including phenoxy) is 1. The van der Waals surface area contributed by atoms with Crippen LogP contribution in [0, 0.1) is 11.3 Å². The van der Waals surface area contributed by atoms with Gasteiger partial charge in [-0.1, -0.05) is 23.7 Å². The molecule has 6 nitrogen and oxygen atoms in total. The molecule has 2 N–H and O–H groups in total. The molecule has 25 heavy (non-hydrogen) atoms. The Morgan fingerprint density at radius 1 is 1.08 bits per heavy atom. The van der Waals surface area contributed by atoms with Gasteiger partial charge < -0.3 is 4.74 Å². The molecule has 126 valence electrons. The van der Waals surface area contributed by atoms with Crippen molar-refractivity contribution in [1.29, 1.82) is 5.26 Å². The smallest absolute Gasteiger partial charge is 0.276 e. The predicted molar refractivity (Wildman–Crippen MR) is 93.4 cm³/mol. The molecule has 0 saturated heterocycles. The Labute approximate surface area is 149 Å². The van der Waals surface area contributed by atoms with Gasteiger partial charge in [0, 0.05) is 11.1 Å². The fraction of sp³-hybridized carbons (Fsp3) is 0.0556. The molecule has 0 spiro atoms. The fourth-order valence-electron chi connectivity index (χ4n) is 1.73. The summed E-state index contributed by atoms with van der Waals surface area (Å²) in [6, 6.07) is 15.2. The first kappa shape index (κ1) is 18.0. The zero-order valence-corrected chi connectivity index (χ0v) is 13.8. The number of rotatable bonds is 5. The van der Waals surface area contributed by atoms with Crippen LogP contribution < -0.4 is 15.6 Å².